The van der Waals surface area contributed by atoms with Crippen LogP contribution in [0.2, 0.25) is 0 Å². The van der Waals surface area contributed by atoms with Crippen LogP contribution < -0.4 is 0 Å². The lowest BCUT2D eigenvalue weighted by molar-refractivity contribution is -0.144. The highest BCUT2D eigenvalue weighted by Crippen LogP contribution is 2.02. The van der Waals surface area contributed by atoms with Crippen LogP contribution in [0.4, 0.5) is 0 Å². The van der Waals surface area contributed by atoms with E-state index in [0.29, 0.717) is 18.9 Å². The summed E-state index contributed by atoms with van der Waals surface area (Å²) in [5.74, 6) is 0.571. The topological polar surface area (TPSA) is 46.5 Å². The van der Waals surface area contributed by atoms with Gasteiger partial charge in [0.2, 0.25) is 0 Å². The summed E-state index contributed by atoms with van der Waals surface area (Å²) < 4.78 is 5.02. The number of aliphatic hydroxyl groups excluding tert-OH is 1. The Morgan fingerprint density at radius 1 is 1.18 bits per heavy atom. The second-order valence-corrected chi connectivity index (χ2v) is 5.82. The first-order valence-electron chi connectivity index (χ1n) is 8.40. The Morgan fingerprint density at radius 2 is 1.86 bits per heavy atom. The van der Waals surface area contributed by atoms with Gasteiger partial charge in [-0.1, -0.05) is 57.5 Å². The fourth-order valence-electron chi connectivity index (χ4n) is 1.73. The Bertz CT molecular complexity index is 360. The van der Waals surface area contributed by atoms with Gasteiger partial charge >= 0.3 is 5.97 Å². The van der Waals surface area contributed by atoms with E-state index in [1.54, 1.807) is 0 Å². The van der Waals surface area contributed by atoms with Crippen molar-refractivity contribution in [1.82, 2.24) is 0 Å². The Balaban J connectivity index is 0.000000406. The molecule has 1 aromatic rings. The number of hydrogen-bond acceptors (Lipinski definition) is 3. The van der Waals surface area contributed by atoms with Gasteiger partial charge in [-0.2, -0.15) is 0 Å². The van der Waals surface area contributed by atoms with Crippen molar-refractivity contribution in [3.8, 4) is 0 Å². The van der Waals surface area contributed by atoms with Gasteiger partial charge in [0.15, 0.2) is 0 Å². The Kier molecular flexibility index (Phi) is 13.7. The number of carbonyl (C=O) groups excluding carboxylic acids is 1. The second-order valence-electron chi connectivity index (χ2n) is 5.82. The van der Waals surface area contributed by atoms with Crippen LogP contribution in [-0.2, 0) is 16.0 Å². The molecule has 0 unspecified atom stereocenters. The predicted molar refractivity (Wildman–Crippen MR) is 91.8 cm³/mol. The highest BCUT2D eigenvalue weighted by atomic mass is 16.5. The molecule has 126 valence electrons. The van der Waals surface area contributed by atoms with Crippen molar-refractivity contribution < 1.29 is 14.6 Å². The Labute approximate surface area is 135 Å². The zero-order valence-electron chi connectivity index (χ0n) is 14.4. The minimum absolute atomic E-state index is 0.0440. The van der Waals surface area contributed by atoms with Crippen molar-refractivity contribution in [2.24, 2.45) is 5.92 Å². The zero-order chi connectivity index (χ0) is 16.6. The molecule has 0 saturated heterocycles. The maximum Gasteiger partial charge on any atom is 0.305 e. The summed E-state index contributed by atoms with van der Waals surface area (Å²) in [6, 6.07) is 10.2. The Morgan fingerprint density at radius 3 is 2.41 bits per heavy atom. The first-order chi connectivity index (χ1) is 10.6. The number of aryl methyl sites for hydroxylation is 1. The standard InChI is InChI=1S/C10H20O2.C9H12O/c1-4-5-6-10(11)12-8-7-9(2)3;10-8-4-7-9-5-2-1-3-6-9/h9H,4-8H2,1-3H3;1-3,5-6,10H,4,7-8H2. The van der Waals surface area contributed by atoms with Crippen LogP contribution in [0.1, 0.15) is 58.4 Å². The number of hydrogen-bond donors (Lipinski definition) is 1. The third kappa shape index (κ3) is 13.6. The molecule has 0 bridgehead atoms. The highest BCUT2D eigenvalue weighted by molar-refractivity contribution is 5.69. The fourth-order valence-corrected chi connectivity index (χ4v) is 1.73. The smallest absolute Gasteiger partial charge is 0.305 e. The summed E-state index contributed by atoms with van der Waals surface area (Å²) in [5, 5.41) is 8.53. The third-order valence-electron chi connectivity index (χ3n) is 3.16. The quantitative estimate of drug-likeness (QED) is 0.689. The number of rotatable bonds is 9. The summed E-state index contributed by atoms with van der Waals surface area (Å²) in [5.41, 5.74) is 1.30. The maximum absolute atomic E-state index is 11.0. The second kappa shape index (κ2) is 14.6. The molecule has 0 aromatic heterocycles. The number of aliphatic hydroxyl groups is 1. The molecule has 0 atom stereocenters. The molecular weight excluding hydrogens is 276 g/mol. The minimum Gasteiger partial charge on any atom is -0.466 e. The molecule has 22 heavy (non-hydrogen) atoms. The first-order valence-corrected chi connectivity index (χ1v) is 8.40. The van der Waals surface area contributed by atoms with E-state index < -0.39 is 0 Å². The van der Waals surface area contributed by atoms with Gasteiger partial charge in [0.1, 0.15) is 0 Å². The molecule has 3 heteroatoms. The van der Waals surface area contributed by atoms with Crippen LogP contribution in [0.5, 0.6) is 0 Å². The van der Waals surface area contributed by atoms with Crippen molar-refractivity contribution in [1.29, 1.82) is 0 Å². The highest BCUT2D eigenvalue weighted by Gasteiger charge is 2.01. The molecule has 0 fully saturated rings. The van der Waals surface area contributed by atoms with E-state index in [-0.39, 0.29) is 12.6 Å². The van der Waals surface area contributed by atoms with E-state index in [2.05, 4.69) is 32.9 Å². The molecule has 0 heterocycles. The molecule has 0 aliphatic rings. The molecule has 1 rings (SSSR count). The SMILES string of the molecule is CCCCC(=O)OCCC(C)C.OCCCc1ccccc1. The van der Waals surface area contributed by atoms with E-state index in [9.17, 15) is 4.79 Å². The van der Waals surface area contributed by atoms with Crippen molar-refractivity contribution in [2.75, 3.05) is 13.2 Å². The number of unbranched alkanes of at least 4 members (excludes halogenated alkanes) is 1. The van der Waals surface area contributed by atoms with Crippen molar-refractivity contribution in [2.45, 2.75) is 59.3 Å². The van der Waals surface area contributed by atoms with Crippen LogP contribution in [0.3, 0.4) is 0 Å². The molecule has 0 amide bonds. The maximum atomic E-state index is 11.0. The van der Waals surface area contributed by atoms with Crippen LogP contribution >= 0.6 is 0 Å². The number of ether oxygens (including phenoxy) is 1. The lowest BCUT2D eigenvalue weighted by atomic mass is 10.1. The number of benzene rings is 1. The average Bonchev–Trinajstić information content (AvgIpc) is 2.52. The van der Waals surface area contributed by atoms with Crippen LogP contribution in [0.15, 0.2) is 30.3 Å². The lowest BCUT2D eigenvalue weighted by Gasteiger charge is -2.05. The summed E-state index contributed by atoms with van der Waals surface area (Å²) in [6.45, 7) is 7.19. The molecule has 0 spiro atoms. The predicted octanol–water partition coefficient (Wildman–Crippen LogP) is 4.38. The van der Waals surface area contributed by atoms with Crippen molar-refractivity contribution in [3.63, 3.8) is 0 Å². The largest absolute Gasteiger partial charge is 0.466 e. The van der Waals surface area contributed by atoms with Gasteiger partial charge in [-0.05, 0) is 37.2 Å². The summed E-state index contributed by atoms with van der Waals surface area (Å²) >= 11 is 0. The molecule has 0 aliphatic heterocycles. The van der Waals surface area contributed by atoms with E-state index in [0.717, 1.165) is 32.1 Å². The normalized spacial score (nSPS) is 10.0. The molecule has 0 saturated carbocycles. The monoisotopic (exact) mass is 308 g/mol. The molecular formula is C19H32O3. The van der Waals surface area contributed by atoms with Gasteiger partial charge in [-0.25, -0.2) is 0 Å². The molecule has 1 N–H and O–H groups in total. The molecule has 1 aromatic carbocycles. The fraction of sp³-hybridized carbons (Fsp3) is 0.632. The molecule has 0 radical (unpaired) electrons. The van der Waals surface area contributed by atoms with Gasteiger partial charge in [-0.3, -0.25) is 4.79 Å². The molecule has 3 nitrogen and oxygen atoms in total. The van der Waals surface area contributed by atoms with Crippen LogP contribution in [0, 0.1) is 5.92 Å². The van der Waals surface area contributed by atoms with Crippen LogP contribution in [0.25, 0.3) is 0 Å². The van der Waals surface area contributed by atoms with Gasteiger partial charge in [0.05, 0.1) is 6.61 Å². The summed E-state index contributed by atoms with van der Waals surface area (Å²) in [7, 11) is 0. The van der Waals surface area contributed by atoms with Gasteiger partial charge < -0.3 is 9.84 Å². The lowest BCUT2D eigenvalue weighted by Crippen LogP contribution is -2.07. The van der Waals surface area contributed by atoms with Crippen molar-refractivity contribution in [3.05, 3.63) is 35.9 Å². The molecule has 0 aliphatic carbocycles. The van der Waals surface area contributed by atoms with Gasteiger partial charge in [0.25, 0.3) is 0 Å². The Hall–Kier alpha value is -1.35. The zero-order valence-corrected chi connectivity index (χ0v) is 14.4. The van der Waals surface area contributed by atoms with E-state index in [1.807, 2.05) is 18.2 Å². The van der Waals surface area contributed by atoms with E-state index >= 15 is 0 Å². The average molecular weight is 308 g/mol. The van der Waals surface area contributed by atoms with Crippen molar-refractivity contribution >= 4 is 5.97 Å². The summed E-state index contributed by atoms with van der Waals surface area (Å²) in [4.78, 5) is 11.0. The summed E-state index contributed by atoms with van der Waals surface area (Å²) in [6.07, 6.45) is 5.40. The van der Waals surface area contributed by atoms with Gasteiger partial charge in [-0.15, -0.1) is 0 Å². The minimum atomic E-state index is -0.0440. The number of esters is 1. The van der Waals surface area contributed by atoms with E-state index in [1.165, 1.54) is 5.56 Å². The van der Waals surface area contributed by atoms with E-state index in [4.69, 9.17) is 9.84 Å². The van der Waals surface area contributed by atoms with Crippen LogP contribution in [-0.4, -0.2) is 24.3 Å². The first kappa shape index (κ1) is 20.6. The number of carbonyl (C=O) groups is 1. The van der Waals surface area contributed by atoms with Gasteiger partial charge in [0, 0.05) is 13.0 Å². The third-order valence-corrected chi connectivity index (χ3v) is 3.16.